The Labute approximate surface area is 269 Å². The number of nitrogens with one attached hydrogen (secondary N) is 3. The molecule has 16 heteroatoms. The highest BCUT2D eigenvalue weighted by Crippen LogP contribution is 2.26. The van der Waals surface area contributed by atoms with Crippen LogP contribution in [-0.4, -0.2) is 117 Å². The number of rotatable bonds is 16. The summed E-state index contributed by atoms with van der Waals surface area (Å²) in [6.45, 7) is 9.15. The van der Waals surface area contributed by atoms with Crippen LogP contribution in [0.2, 0.25) is 0 Å². The van der Waals surface area contributed by atoms with Crippen LogP contribution < -0.4 is 27.4 Å². The molecule has 0 aromatic rings. The Morgan fingerprint density at radius 3 is 1.85 bits per heavy atom. The monoisotopic (exact) mass is 653 g/mol. The number of aliphatic hydroxyl groups excluding tert-OH is 1. The lowest BCUT2D eigenvalue weighted by atomic mass is 10.0. The number of likely N-dealkylation sites (tertiary alicyclic amines) is 2. The molecular weight excluding hydrogens is 602 g/mol. The number of nitrogens with zero attached hydrogens (tertiary/aromatic N) is 2. The topological polar surface area (TPSA) is 255 Å². The van der Waals surface area contributed by atoms with Crippen LogP contribution in [0.5, 0.6) is 0 Å². The van der Waals surface area contributed by atoms with Gasteiger partial charge in [-0.3, -0.25) is 28.8 Å². The number of aliphatic hydroxyl groups is 1. The van der Waals surface area contributed by atoms with Crippen molar-refractivity contribution in [3.8, 4) is 0 Å². The van der Waals surface area contributed by atoms with Crippen molar-refractivity contribution in [1.29, 1.82) is 0 Å². The molecule has 0 aromatic heterocycles. The molecule has 6 amide bonds. The molecule has 16 nitrogen and oxygen atoms in total. The van der Waals surface area contributed by atoms with Crippen LogP contribution in [0.25, 0.3) is 0 Å². The summed E-state index contributed by atoms with van der Waals surface area (Å²) in [6.07, 6.45) is 0.393. The number of amides is 6. The first kappa shape index (κ1) is 38.4. The molecule has 2 saturated heterocycles. The van der Waals surface area contributed by atoms with Crippen LogP contribution in [0, 0.1) is 11.8 Å². The van der Waals surface area contributed by atoms with Crippen molar-refractivity contribution in [2.24, 2.45) is 23.3 Å². The highest BCUT2D eigenvalue weighted by molar-refractivity contribution is 5.97. The number of aliphatic carboxylic acids is 1. The van der Waals surface area contributed by atoms with Crippen LogP contribution in [-0.2, 0) is 33.6 Å². The van der Waals surface area contributed by atoms with Gasteiger partial charge in [-0.05, 0) is 57.3 Å². The predicted molar refractivity (Wildman–Crippen MR) is 165 cm³/mol. The van der Waals surface area contributed by atoms with Gasteiger partial charge in [0, 0.05) is 13.1 Å². The first-order valence-electron chi connectivity index (χ1n) is 15.9. The van der Waals surface area contributed by atoms with Crippen molar-refractivity contribution in [3.63, 3.8) is 0 Å². The lowest BCUT2D eigenvalue weighted by molar-refractivity contribution is -0.148. The molecule has 0 spiro atoms. The van der Waals surface area contributed by atoms with E-state index in [1.807, 2.05) is 27.7 Å². The number of carboxylic acid groups (broad SMARTS) is 1. The number of carboxylic acids is 1. The van der Waals surface area contributed by atoms with Crippen molar-refractivity contribution in [3.05, 3.63) is 0 Å². The average molecular weight is 654 g/mol. The molecule has 0 unspecified atom stereocenters. The Kier molecular flexibility index (Phi) is 14.4. The molecule has 0 saturated carbocycles. The van der Waals surface area contributed by atoms with Gasteiger partial charge in [-0.2, -0.15) is 0 Å². The summed E-state index contributed by atoms with van der Waals surface area (Å²) >= 11 is 0. The minimum atomic E-state index is -1.57. The van der Waals surface area contributed by atoms with Crippen LogP contribution in [0.15, 0.2) is 0 Å². The first-order valence-corrected chi connectivity index (χ1v) is 15.9. The third kappa shape index (κ3) is 10.6. The molecule has 46 heavy (non-hydrogen) atoms. The predicted octanol–water partition coefficient (Wildman–Crippen LogP) is -1.82. The van der Waals surface area contributed by atoms with Crippen LogP contribution >= 0.6 is 0 Å². The van der Waals surface area contributed by atoms with Gasteiger partial charge in [-0.1, -0.05) is 27.7 Å². The highest BCUT2D eigenvalue weighted by atomic mass is 16.4. The van der Waals surface area contributed by atoms with E-state index in [2.05, 4.69) is 16.0 Å². The Bertz CT molecular complexity index is 1150. The SMILES string of the molecule is CC(C)C[C@H](NC(=O)[C@@H]1CCCN1C(=O)[C@@H]1CCCN1C(=O)[C@H](CC(C)C)NC(=O)[C@@H](N)CC(N)=O)C(=O)N[C@H](C(=O)O)[C@@H](C)O. The molecule has 0 aliphatic carbocycles. The van der Waals surface area contributed by atoms with E-state index in [0.717, 1.165) is 0 Å². The fourth-order valence-corrected chi connectivity index (χ4v) is 5.88. The van der Waals surface area contributed by atoms with Gasteiger partial charge in [0.2, 0.25) is 35.4 Å². The smallest absolute Gasteiger partial charge is 0.328 e. The second kappa shape index (κ2) is 17.2. The summed E-state index contributed by atoms with van der Waals surface area (Å²) in [7, 11) is 0. The van der Waals surface area contributed by atoms with Gasteiger partial charge < -0.3 is 47.4 Å². The molecule has 260 valence electrons. The molecule has 0 radical (unpaired) electrons. The lowest BCUT2D eigenvalue weighted by Crippen LogP contribution is -2.59. The summed E-state index contributed by atoms with van der Waals surface area (Å²) in [5, 5.41) is 26.7. The van der Waals surface area contributed by atoms with Gasteiger partial charge in [-0.25, -0.2) is 4.79 Å². The molecular formula is C30H51N7O9. The van der Waals surface area contributed by atoms with Gasteiger partial charge in [0.25, 0.3) is 0 Å². The molecule has 0 bridgehead atoms. The Morgan fingerprint density at radius 2 is 1.33 bits per heavy atom. The first-order chi connectivity index (χ1) is 21.4. The van der Waals surface area contributed by atoms with Crippen molar-refractivity contribution in [2.45, 2.75) is 122 Å². The molecule has 9 N–H and O–H groups in total. The summed E-state index contributed by atoms with van der Waals surface area (Å²) < 4.78 is 0. The molecule has 7 atom stereocenters. The maximum atomic E-state index is 13.9. The third-order valence-corrected chi connectivity index (χ3v) is 8.13. The van der Waals surface area contributed by atoms with Crippen molar-refractivity contribution >= 4 is 41.4 Å². The minimum absolute atomic E-state index is 0.00705. The molecule has 2 fully saturated rings. The van der Waals surface area contributed by atoms with Crippen LogP contribution in [0.3, 0.4) is 0 Å². The molecule has 2 heterocycles. The number of primary amides is 1. The summed E-state index contributed by atoms with van der Waals surface area (Å²) in [5.74, 6) is -5.21. The van der Waals surface area contributed by atoms with E-state index in [-0.39, 0.29) is 37.8 Å². The molecule has 0 aromatic carbocycles. The van der Waals surface area contributed by atoms with Gasteiger partial charge >= 0.3 is 5.97 Å². The zero-order chi connectivity index (χ0) is 34.9. The van der Waals surface area contributed by atoms with Crippen molar-refractivity contribution < 1.29 is 43.8 Å². The van der Waals surface area contributed by atoms with E-state index in [0.29, 0.717) is 25.7 Å². The highest BCUT2D eigenvalue weighted by Gasteiger charge is 2.44. The van der Waals surface area contributed by atoms with E-state index < -0.39 is 90.2 Å². The number of carbonyl (C=O) groups excluding carboxylic acids is 6. The summed E-state index contributed by atoms with van der Waals surface area (Å²) in [4.78, 5) is 92.4. The van der Waals surface area contributed by atoms with Crippen LogP contribution in [0.4, 0.5) is 0 Å². The lowest BCUT2D eigenvalue weighted by Gasteiger charge is -2.34. The Hall–Kier alpha value is -3.79. The van der Waals surface area contributed by atoms with Gasteiger partial charge in [0.1, 0.15) is 24.2 Å². The Morgan fingerprint density at radius 1 is 0.783 bits per heavy atom. The normalized spacial score (nSPS) is 21.3. The number of carbonyl (C=O) groups is 7. The second-order valence-corrected chi connectivity index (χ2v) is 13.1. The molecule has 2 aliphatic heterocycles. The van der Waals surface area contributed by atoms with E-state index in [9.17, 15) is 43.8 Å². The minimum Gasteiger partial charge on any atom is -0.480 e. The van der Waals surface area contributed by atoms with Crippen LogP contribution in [0.1, 0.15) is 79.6 Å². The standard InChI is InChI=1S/C30H51N7O9/c1-15(2)12-19(26(41)35-24(17(5)38)30(45)46)33-27(42)21-8-6-10-36(21)29(44)22-9-7-11-37(22)28(43)20(13-16(3)4)34-25(40)18(31)14-23(32)39/h15-22,24,38H,6-14,31H2,1-5H3,(H2,32,39)(H,33,42)(H,34,40)(H,35,41)(H,45,46)/t17-,18+,19+,20+,21+,22+,24+/m1/s1. The molecule has 2 aliphatic rings. The summed E-state index contributed by atoms with van der Waals surface area (Å²) in [6, 6.07) is -6.71. The second-order valence-electron chi connectivity index (χ2n) is 13.1. The van der Waals surface area contributed by atoms with Gasteiger partial charge in [0.05, 0.1) is 18.6 Å². The zero-order valence-electron chi connectivity index (χ0n) is 27.4. The van der Waals surface area contributed by atoms with E-state index in [1.54, 1.807) is 0 Å². The maximum absolute atomic E-state index is 13.9. The van der Waals surface area contributed by atoms with Crippen molar-refractivity contribution in [2.75, 3.05) is 13.1 Å². The fraction of sp³-hybridized carbons (Fsp3) is 0.767. The zero-order valence-corrected chi connectivity index (χ0v) is 27.4. The quantitative estimate of drug-likeness (QED) is 0.0982. The molecule has 2 rings (SSSR count). The summed E-state index contributed by atoms with van der Waals surface area (Å²) in [5.41, 5.74) is 10.9. The third-order valence-electron chi connectivity index (χ3n) is 8.13. The Balaban J connectivity index is 2.21. The largest absolute Gasteiger partial charge is 0.480 e. The number of hydrogen-bond acceptors (Lipinski definition) is 9. The average Bonchev–Trinajstić information content (AvgIpc) is 3.63. The van der Waals surface area contributed by atoms with Gasteiger partial charge in [-0.15, -0.1) is 0 Å². The van der Waals surface area contributed by atoms with Crippen molar-refractivity contribution in [1.82, 2.24) is 25.8 Å². The van der Waals surface area contributed by atoms with Gasteiger partial charge in [0.15, 0.2) is 6.04 Å². The van der Waals surface area contributed by atoms with E-state index >= 15 is 0 Å². The number of nitrogens with two attached hydrogens (primary N) is 2. The maximum Gasteiger partial charge on any atom is 0.328 e. The van der Waals surface area contributed by atoms with E-state index in [1.165, 1.54) is 16.7 Å². The van der Waals surface area contributed by atoms with E-state index in [4.69, 9.17) is 11.5 Å². The fourth-order valence-electron chi connectivity index (χ4n) is 5.88. The number of hydrogen-bond donors (Lipinski definition) is 7.